The van der Waals surface area contributed by atoms with E-state index in [0.29, 0.717) is 54.5 Å². The lowest BCUT2D eigenvalue weighted by molar-refractivity contribution is 0.0303. The van der Waals surface area contributed by atoms with Crippen molar-refractivity contribution in [1.29, 1.82) is 0 Å². The number of anilines is 4. The zero-order chi connectivity index (χ0) is 32.6. The molecular weight excluding hydrogens is 580 g/mol. The Morgan fingerprint density at radius 1 is 0.935 bits per heavy atom. The Hall–Kier alpha value is -4.96. The summed E-state index contributed by atoms with van der Waals surface area (Å²) in [6.45, 7) is 9.57. The smallest absolute Gasteiger partial charge is 0.293 e. The molecule has 0 aliphatic carbocycles. The molecule has 1 saturated heterocycles. The van der Waals surface area contributed by atoms with Crippen molar-refractivity contribution in [2.24, 2.45) is 7.05 Å². The summed E-state index contributed by atoms with van der Waals surface area (Å²) in [7, 11) is 3.74. The quantitative estimate of drug-likeness (QED) is 0.300. The summed E-state index contributed by atoms with van der Waals surface area (Å²) < 4.78 is 6.83. The van der Waals surface area contributed by atoms with Crippen LogP contribution in [0.25, 0.3) is 11.3 Å². The summed E-state index contributed by atoms with van der Waals surface area (Å²) in [4.78, 5) is 48.0. The number of hydrogen-bond acceptors (Lipinski definition) is 7. The molecule has 3 aromatic carbocycles. The predicted molar refractivity (Wildman–Crippen MR) is 181 cm³/mol. The SMILES string of the molecule is Cc1c(NC(=O)c2ccc3c(c2)N(C)CCC3(C)C)cccc1-c1cn(C)c(=O)c(Nc2ccc(C(=O)N3CCOCC3)cc2)n1. The van der Waals surface area contributed by atoms with Gasteiger partial charge in [0, 0.05) is 73.7 Å². The number of carbonyl (C=O) groups is 2. The average molecular weight is 621 g/mol. The van der Waals surface area contributed by atoms with Crippen molar-refractivity contribution in [3.8, 4) is 11.3 Å². The Bertz CT molecular complexity index is 1860. The van der Waals surface area contributed by atoms with Gasteiger partial charge in [-0.1, -0.05) is 32.0 Å². The summed E-state index contributed by atoms with van der Waals surface area (Å²) in [5, 5.41) is 6.22. The molecule has 6 rings (SSSR count). The van der Waals surface area contributed by atoms with E-state index in [2.05, 4.69) is 47.5 Å². The number of amides is 2. The molecule has 2 aliphatic rings. The molecular formula is C36H40N6O4. The fourth-order valence-corrected chi connectivity index (χ4v) is 6.11. The number of aryl methyl sites for hydroxylation is 1. The van der Waals surface area contributed by atoms with E-state index in [9.17, 15) is 14.4 Å². The second-order valence-corrected chi connectivity index (χ2v) is 12.7. The van der Waals surface area contributed by atoms with E-state index in [4.69, 9.17) is 4.74 Å². The predicted octanol–water partition coefficient (Wildman–Crippen LogP) is 5.34. The molecule has 0 unspecified atom stereocenters. The van der Waals surface area contributed by atoms with Crippen LogP contribution in [-0.2, 0) is 17.2 Å². The molecule has 10 nitrogen and oxygen atoms in total. The molecule has 0 atom stereocenters. The standard InChI is InChI=1S/C36H40N6O4/c1-23-27(7-6-8-29(23)39-33(43)25-11-14-28-31(21-25)40(4)16-15-36(28,2)3)30-22-41(5)35(45)32(38-30)37-26-12-9-24(10-13-26)34(44)42-17-19-46-20-18-42/h6-14,21-22H,15-20H2,1-5H3,(H,37,38)(H,39,43). The van der Waals surface area contributed by atoms with Gasteiger partial charge in [0.15, 0.2) is 5.82 Å². The van der Waals surface area contributed by atoms with Crippen LogP contribution in [0.5, 0.6) is 0 Å². The lowest BCUT2D eigenvalue weighted by Gasteiger charge is -2.38. The molecule has 4 aromatic rings. The van der Waals surface area contributed by atoms with Gasteiger partial charge >= 0.3 is 0 Å². The Kier molecular flexibility index (Phi) is 8.39. The van der Waals surface area contributed by atoms with Crippen molar-refractivity contribution < 1.29 is 14.3 Å². The third-order valence-electron chi connectivity index (χ3n) is 9.09. The molecule has 46 heavy (non-hydrogen) atoms. The van der Waals surface area contributed by atoms with Crippen LogP contribution < -0.4 is 21.1 Å². The van der Waals surface area contributed by atoms with Crippen LogP contribution >= 0.6 is 0 Å². The van der Waals surface area contributed by atoms with Crippen molar-refractivity contribution in [2.45, 2.75) is 32.6 Å². The molecule has 1 aromatic heterocycles. The summed E-state index contributed by atoms with van der Waals surface area (Å²) >= 11 is 0. The molecule has 0 saturated carbocycles. The molecule has 2 aliphatic heterocycles. The highest BCUT2D eigenvalue weighted by Gasteiger charge is 2.30. The molecule has 0 bridgehead atoms. The third-order valence-corrected chi connectivity index (χ3v) is 9.09. The van der Waals surface area contributed by atoms with Crippen molar-refractivity contribution in [2.75, 3.05) is 55.4 Å². The van der Waals surface area contributed by atoms with Gasteiger partial charge in [-0.3, -0.25) is 14.4 Å². The zero-order valence-corrected chi connectivity index (χ0v) is 27.0. The van der Waals surface area contributed by atoms with Gasteiger partial charge in [0.1, 0.15) is 0 Å². The summed E-state index contributed by atoms with van der Waals surface area (Å²) in [6, 6.07) is 18.6. The van der Waals surface area contributed by atoms with Gasteiger partial charge in [0.2, 0.25) is 0 Å². The highest BCUT2D eigenvalue weighted by Crippen LogP contribution is 2.39. The minimum atomic E-state index is -0.292. The summed E-state index contributed by atoms with van der Waals surface area (Å²) in [5.74, 6) is -0.0791. The summed E-state index contributed by atoms with van der Waals surface area (Å²) in [6.07, 6.45) is 2.75. The first-order chi connectivity index (χ1) is 22.0. The molecule has 1 fully saturated rings. The Labute approximate surface area is 269 Å². The lowest BCUT2D eigenvalue weighted by atomic mass is 9.77. The Morgan fingerprint density at radius 2 is 1.65 bits per heavy atom. The van der Waals surface area contributed by atoms with Crippen LogP contribution in [-0.4, -0.2) is 66.2 Å². The maximum atomic E-state index is 13.4. The number of rotatable bonds is 6. The van der Waals surface area contributed by atoms with Gasteiger partial charge in [-0.05, 0) is 72.4 Å². The third kappa shape index (κ3) is 6.12. The number of ether oxygens (including phenoxy) is 1. The molecule has 0 spiro atoms. The van der Waals surface area contributed by atoms with Crippen molar-refractivity contribution in [3.05, 3.63) is 99.5 Å². The normalized spacial score (nSPS) is 15.7. The molecule has 2 N–H and O–H groups in total. The van der Waals surface area contributed by atoms with E-state index in [-0.39, 0.29) is 28.6 Å². The number of nitrogens with one attached hydrogen (secondary N) is 2. The lowest BCUT2D eigenvalue weighted by Crippen LogP contribution is -2.40. The zero-order valence-electron chi connectivity index (χ0n) is 27.0. The first kappa shape index (κ1) is 31.0. The van der Waals surface area contributed by atoms with Crippen molar-refractivity contribution >= 4 is 34.7 Å². The highest BCUT2D eigenvalue weighted by molar-refractivity contribution is 6.06. The number of carbonyl (C=O) groups excluding carboxylic acids is 2. The van der Waals surface area contributed by atoms with E-state index in [1.165, 1.54) is 10.1 Å². The number of hydrogen-bond donors (Lipinski definition) is 2. The van der Waals surface area contributed by atoms with Gasteiger partial charge in [-0.15, -0.1) is 0 Å². The van der Waals surface area contributed by atoms with Gasteiger partial charge in [-0.25, -0.2) is 4.98 Å². The van der Waals surface area contributed by atoms with Crippen LogP contribution in [0.15, 0.2) is 71.7 Å². The number of fused-ring (bicyclic) bond motifs is 1. The van der Waals surface area contributed by atoms with E-state index in [1.54, 1.807) is 42.4 Å². The minimum absolute atomic E-state index is 0.0451. The maximum absolute atomic E-state index is 13.4. The van der Waals surface area contributed by atoms with Gasteiger partial charge < -0.3 is 29.7 Å². The van der Waals surface area contributed by atoms with Crippen molar-refractivity contribution in [1.82, 2.24) is 14.5 Å². The van der Waals surface area contributed by atoms with E-state index in [0.717, 1.165) is 29.8 Å². The fourth-order valence-electron chi connectivity index (χ4n) is 6.11. The average Bonchev–Trinajstić information content (AvgIpc) is 3.06. The van der Waals surface area contributed by atoms with Crippen LogP contribution in [0.3, 0.4) is 0 Å². The fraction of sp³-hybridized carbons (Fsp3) is 0.333. The van der Waals surface area contributed by atoms with Crippen LogP contribution in [0.1, 0.15) is 52.1 Å². The molecule has 3 heterocycles. The highest BCUT2D eigenvalue weighted by atomic mass is 16.5. The number of nitrogens with zero attached hydrogens (tertiary/aromatic N) is 4. The first-order valence-corrected chi connectivity index (χ1v) is 15.6. The van der Waals surface area contributed by atoms with Gasteiger partial charge in [0.25, 0.3) is 17.4 Å². The Balaban J connectivity index is 1.22. The Morgan fingerprint density at radius 3 is 2.39 bits per heavy atom. The second-order valence-electron chi connectivity index (χ2n) is 12.7. The molecule has 2 amide bonds. The first-order valence-electron chi connectivity index (χ1n) is 15.6. The second kappa shape index (κ2) is 12.4. The number of morpholine rings is 1. The van der Waals surface area contributed by atoms with Crippen LogP contribution in [0.4, 0.5) is 22.9 Å². The minimum Gasteiger partial charge on any atom is -0.378 e. The number of benzene rings is 3. The van der Waals surface area contributed by atoms with Gasteiger partial charge in [0.05, 0.1) is 18.9 Å². The van der Waals surface area contributed by atoms with Gasteiger partial charge in [-0.2, -0.15) is 0 Å². The van der Waals surface area contributed by atoms with Crippen LogP contribution in [0.2, 0.25) is 0 Å². The van der Waals surface area contributed by atoms with Crippen LogP contribution in [0, 0.1) is 6.92 Å². The summed E-state index contributed by atoms with van der Waals surface area (Å²) in [5.41, 5.74) is 6.77. The molecule has 10 heteroatoms. The van der Waals surface area contributed by atoms with E-state index < -0.39 is 0 Å². The molecule has 238 valence electrons. The number of aromatic nitrogens is 2. The van der Waals surface area contributed by atoms with E-state index in [1.807, 2.05) is 37.3 Å². The molecule has 0 radical (unpaired) electrons. The van der Waals surface area contributed by atoms with E-state index >= 15 is 0 Å². The monoisotopic (exact) mass is 620 g/mol. The topological polar surface area (TPSA) is 109 Å². The maximum Gasteiger partial charge on any atom is 0.293 e. The van der Waals surface area contributed by atoms with Crippen molar-refractivity contribution in [3.63, 3.8) is 0 Å². The largest absolute Gasteiger partial charge is 0.378 e.